The second-order valence-electron chi connectivity index (χ2n) is 12.2. The van der Waals surface area contributed by atoms with Crippen molar-refractivity contribution in [1.29, 1.82) is 0 Å². The van der Waals surface area contributed by atoms with Gasteiger partial charge in [-0.05, 0) is 49.8 Å². The number of likely N-dealkylation sites (tertiary alicyclic amines) is 1. The number of piperidine rings is 1. The van der Waals surface area contributed by atoms with E-state index in [0.29, 0.717) is 30.8 Å². The van der Waals surface area contributed by atoms with Crippen LogP contribution in [0.4, 0.5) is 5.82 Å². The van der Waals surface area contributed by atoms with Crippen LogP contribution in [0.3, 0.4) is 0 Å². The Bertz CT molecular complexity index is 1510. The van der Waals surface area contributed by atoms with Gasteiger partial charge in [0, 0.05) is 24.5 Å². The molecule has 1 unspecified atom stereocenters. The van der Waals surface area contributed by atoms with Gasteiger partial charge in [-0.15, -0.1) is 0 Å². The van der Waals surface area contributed by atoms with Crippen LogP contribution in [0, 0.1) is 5.41 Å². The number of rotatable bonds is 17. The Morgan fingerprint density at radius 1 is 1.10 bits per heavy atom. The molecule has 2 amide bonds. The smallest absolute Gasteiger partial charge is 0.330 e. The molecule has 3 N–H and O–H groups in total. The maximum absolute atomic E-state index is 13.8. The van der Waals surface area contributed by atoms with Gasteiger partial charge in [-0.25, -0.2) is 14.6 Å². The fraction of sp³-hybridized carbons (Fsp3) is 0.500. The summed E-state index contributed by atoms with van der Waals surface area (Å²) in [7, 11) is 3.04. The van der Waals surface area contributed by atoms with Crippen molar-refractivity contribution in [3.63, 3.8) is 0 Å². The van der Waals surface area contributed by atoms with E-state index in [0.717, 1.165) is 11.6 Å². The summed E-state index contributed by atoms with van der Waals surface area (Å²) in [5.41, 5.74) is -0.125. The molecule has 3 atom stereocenters. The van der Waals surface area contributed by atoms with Crippen LogP contribution in [0.5, 0.6) is 11.5 Å². The molecule has 0 saturated carbocycles. The van der Waals surface area contributed by atoms with Gasteiger partial charge in [0.25, 0.3) is 5.91 Å². The normalized spacial score (nSPS) is 15.7. The van der Waals surface area contributed by atoms with Crippen LogP contribution in [0.1, 0.15) is 69.7 Å². The third-order valence-corrected chi connectivity index (χ3v) is 8.00. The van der Waals surface area contributed by atoms with Gasteiger partial charge in [0.2, 0.25) is 5.91 Å². The quantitative estimate of drug-likeness (QED) is 0.162. The Morgan fingerprint density at radius 2 is 1.84 bits per heavy atom. The molecule has 0 bridgehead atoms. The van der Waals surface area contributed by atoms with Crippen LogP contribution in [0.25, 0.3) is 0 Å². The molecule has 1 aliphatic rings. The summed E-state index contributed by atoms with van der Waals surface area (Å²) in [5.74, 6) is -2.73. The zero-order valence-corrected chi connectivity index (χ0v) is 28.2. The third-order valence-electron chi connectivity index (χ3n) is 8.00. The van der Waals surface area contributed by atoms with E-state index >= 15 is 0 Å². The number of nitrogens with zero attached hydrogens (tertiary/aromatic N) is 3. The monoisotopic (exact) mass is 684 g/mol. The van der Waals surface area contributed by atoms with E-state index in [4.69, 9.17) is 24.1 Å². The number of aromatic nitrogens is 2. The van der Waals surface area contributed by atoms with E-state index < -0.39 is 53.4 Å². The number of aliphatic hydroxyl groups excluding tert-OH is 1. The average molecular weight is 685 g/mol. The number of nitrogens with one attached hydrogen (secondary N) is 1. The predicted molar refractivity (Wildman–Crippen MR) is 175 cm³/mol. The maximum atomic E-state index is 13.8. The highest BCUT2D eigenvalue weighted by atomic mass is 16.5. The van der Waals surface area contributed by atoms with Crippen molar-refractivity contribution in [1.82, 2.24) is 14.9 Å². The van der Waals surface area contributed by atoms with Crippen molar-refractivity contribution in [2.75, 3.05) is 32.7 Å². The lowest BCUT2D eigenvalue weighted by Crippen LogP contribution is -2.55. The fourth-order valence-corrected chi connectivity index (χ4v) is 5.17. The second kappa shape index (κ2) is 17.9. The molecular weight excluding hydrogens is 640 g/mol. The van der Waals surface area contributed by atoms with E-state index in [9.17, 15) is 29.1 Å². The van der Waals surface area contributed by atoms with Crippen molar-refractivity contribution >= 4 is 35.5 Å². The highest BCUT2D eigenvalue weighted by molar-refractivity contribution is 5.91. The third kappa shape index (κ3) is 11.0. The maximum Gasteiger partial charge on any atom is 0.330 e. The number of hydrogen-bond donors (Lipinski definition) is 3. The summed E-state index contributed by atoms with van der Waals surface area (Å²) in [4.78, 5) is 72.1. The van der Waals surface area contributed by atoms with E-state index in [1.54, 1.807) is 26.0 Å². The number of methoxy groups -OCH3 is 2. The van der Waals surface area contributed by atoms with Crippen molar-refractivity contribution in [2.24, 2.45) is 5.41 Å². The van der Waals surface area contributed by atoms with Crippen LogP contribution in [-0.2, 0) is 39.9 Å². The number of carbonyl (C=O) groups is 5. The molecule has 1 aromatic heterocycles. The van der Waals surface area contributed by atoms with E-state index in [1.165, 1.54) is 31.5 Å². The molecule has 3 rings (SSSR count). The number of aliphatic carboxylic acids is 1. The predicted octanol–water partition coefficient (Wildman–Crippen LogP) is 3.01. The van der Waals surface area contributed by atoms with Crippen LogP contribution in [0.15, 0.2) is 43.2 Å². The molecule has 1 saturated heterocycles. The van der Waals surface area contributed by atoms with Gasteiger partial charge in [-0.1, -0.05) is 26.5 Å². The Morgan fingerprint density at radius 3 is 2.51 bits per heavy atom. The number of anilines is 1. The Labute approximate surface area is 284 Å². The van der Waals surface area contributed by atoms with E-state index in [1.807, 2.05) is 6.07 Å². The van der Waals surface area contributed by atoms with Crippen LogP contribution in [0.2, 0.25) is 0 Å². The minimum atomic E-state index is -1.59. The van der Waals surface area contributed by atoms with Crippen molar-refractivity contribution in [2.45, 2.75) is 77.0 Å². The molecule has 1 aliphatic heterocycles. The molecule has 1 fully saturated rings. The molecule has 15 nitrogen and oxygen atoms in total. The summed E-state index contributed by atoms with van der Waals surface area (Å²) in [6.07, 6.45) is 2.57. The number of hydrogen-bond acceptors (Lipinski definition) is 12. The summed E-state index contributed by atoms with van der Waals surface area (Å²) in [5, 5.41) is 22.5. The number of benzene rings is 1. The number of esters is 2. The Kier molecular flexibility index (Phi) is 14.0. The number of carboxylic acids is 1. The first-order valence-corrected chi connectivity index (χ1v) is 15.8. The lowest BCUT2D eigenvalue weighted by Gasteiger charge is -2.39. The first-order valence-electron chi connectivity index (χ1n) is 15.8. The van der Waals surface area contributed by atoms with Gasteiger partial charge in [-0.2, -0.15) is 0 Å². The summed E-state index contributed by atoms with van der Waals surface area (Å²) < 4.78 is 21.8. The minimum Gasteiger partial charge on any atom is -0.493 e. The lowest BCUT2D eigenvalue weighted by atomic mass is 9.85. The zero-order valence-electron chi connectivity index (χ0n) is 28.2. The Hall–Kier alpha value is -5.05. The van der Waals surface area contributed by atoms with Crippen molar-refractivity contribution in [3.05, 3.63) is 54.5 Å². The largest absolute Gasteiger partial charge is 0.493 e. The standard InChI is InChI=1S/C34H44N4O11/c1-6-30(42)48-20-34(2,3)31(43)32(44)38-16-8-7-9-23(38)33(45)49-24(12-10-21-11-13-25(46-4)26(17-21)47-5)22-18-35-19-27(36-22)37-28(39)14-15-29(40)41/h6,11,13,17-19,23-24,31,43H,1,7-10,12,14-16,20H2,2-5H3,(H,40,41)(H,36,37,39)/t23-,24+,31?/m0/s1. The number of carbonyl (C=O) groups excluding carboxylic acids is 4. The number of aliphatic hydroxyl groups is 1. The molecule has 266 valence electrons. The summed E-state index contributed by atoms with van der Waals surface area (Å²) in [6.45, 7) is 6.43. The molecule has 2 heterocycles. The zero-order chi connectivity index (χ0) is 36.1. The highest BCUT2D eigenvalue weighted by Gasteiger charge is 2.42. The number of aryl methyl sites for hydroxylation is 1. The summed E-state index contributed by atoms with van der Waals surface area (Å²) in [6, 6.07) is 4.36. The van der Waals surface area contributed by atoms with Crippen LogP contribution >= 0.6 is 0 Å². The van der Waals surface area contributed by atoms with Gasteiger partial charge in [0.1, 0.15) is 23.9 Å². The number of carboxylic acid groups (broad SMARTS) is 1. The molecule has 1 aromatic carbocycles. The molecule has 15 heteroatoms. The van der Waals surface area contributed by atoms with Crippen LogP contribution in [-0.4, -0.2) is 94.3 Å². The topological polar surface area (TPSA) is 204 Å². The van der Waals surface area contributed by atoms with Gasteiger partial charge in [0.05, 0.1) is 39.6 Å². The van der Waals surface area contributed by atoms with Gasteiger partial charge in [-0.3, -0.25) is 19.4 Å². The molecule has 0 radical (unpaired) electrons. The number of ether oxygens (including phenoxy) is 4. The number of amides is 2. The second-order valence-corrected chi connectivity index (χ2v) is 12.2. The molecule has 49 heavy (non-hydrogen) atoms. The van der Waals surface area contributed by atoms with E-state index in [-0.39, 0.29) is 50.3 Å². The SMILES string of the molecule is C=CC(=O)OCC(C)(C)C(O)C(=O)N1CCCC[C@H]1C(=O)O[C@H](CCc1ccc(OC)c(OC)c1)c1cncc(NC(=O)CCC(=O)O)n1. The first-order chi connectivity index (χ1) is 23.3. The van der Waals surface area contributed by atoms with Crippen molar-refractivity contribution < 1.29 is 53.1 Å². The van der Waals surface area contributed by atoms with Gasteiger partial charge >= 0.3 is 17.9 Å². The van der Waals surface area contributed by atoms with Gasteiger partial charge in [0.15, 0.2) is 17.3 Å². The van der Waals surface area contributed by atoms with Gasteiger partial charge < -0.3 is 39.4 Å². The molecular formula is C34H44N4O11. The minimum absolute atomic E-state index is 0.0389. The fourth-order valence-electron chi connectivity index (χ4n) is 5.17. The molecule has 2 aromatic rings. The molecule has 0 aliphatic carbocycles. The average Bonchev–Trinajstić information content (AvgIpc) is 3.10. The van der Waals surface area contributed by atoms with E-state index in [2.05, 4.69) is 21.9 Å². The highest BCUT2D eigenvalue weighted by Crippen LogP contribution is 2.32. The summed E-state index contributed by atoms with van der Waals surface area (Å²) >= 11 is 0. The Balaban J connectivity index is 1.86. The molecule has 0 spiro atoms. The first kappa shape index (κ1) is 38.4. The van der Waals surface area contributed by atoms with Crippen molar-refractivity contribution in [3.8, 4) is 11.5 Å². The lowest BCUT2D eigenvalue weighted by molar-refractivity contribution is -0.168. The van der Waals surface area contributed by atoms with Crippen LogP contribution < -0.4 is 14.8 Å².